The molecule has 100 valence electrons. The summed E-state index contributed by atoms with van der Waals surface area (Å²) >= 11 is 0. The summed E-state index contributed by atoms with van der Waals surface area (Å²) in [5.41, 5.74) is 0.950. The van der Waals surface area contributed by atoms with Gasteiger partial charge in [0.05, 0.1) is 11.7 Å². The lowest BCUT2D eigenvalue weighted by molar-refractivity contribution is 0.0689. The second-order valence-corrected chi connectivity index (χ2v) is 5.51. The lowest BCUT2D eigenvalue weighted by Crippen LogP contribution is -2.13. The fourth-order valence-electron chi connectivity index (χ4n) is 2.58. The third kappa shape index (κ3) is 2.71. The quantitative estimate of drug-likeness (QED) is 0.873. The number of carboxylic acid groups (broad SMARTS) is 1. The molecule has 1 aromatic rings. The van der Waals surface area contributed by atoms with Crippen molar-refractivity contribution in [2.45, 2.75) is 58.4 Å². The number of carbonyl (C=O) groups is 1. The molecule has 5 nitrogen and oxygen atoms in total. The van der Waals surface area contributed by atoms with Crippen LogP contribution >= 0.6 is 0 Å². The highest BCUT2D eigenvalue weighted by Crippen LogP contribution is 2.30. The topological polar surface area (TPSA) is 68.0 Å². The van der Waals surface area contributed by atoms with E-state index < -0.39 is 5.97 Å². The Morgan fingerprint density at radius 1 is 1.44 bits per heavy atom. The minimum atomic E-state index is -0.960. The molecular weight excluding hydrogens is 230 g/mol. The van der Waals surface area contributed by atoms with Gasteiger partial charge in [0.2, 0.25) is 0 Å². The molecule has 1 saturated carbocycles. The molecule has 1 fully saturated rings. The zero-order chi connectivity index (χ0) is 13.1. The van der Waals surface area contributed by atoms with Crippen molar-refractivity contribution < 1.29 is 9.90 Å². The first kappa shape index (κ1) is 13.1. The Kier molecular flexibility index (Phi) is 3.99. The van der Waals surface area contributed by atoms with Crippen LogP contribution in [0.1, 0.15) is 68.2 Å². The lowest BCUT2D eigenvalue weighted by atomic mass is 10.0. The van der Waals surface area contributed by atoms with Gasteiger partial charge in [0.25, 0.3) is 0 Å². The van der Waals surface area contributed by atoms with Crippen molar-refractivity contribution in [2.24, 2.45) is 5.92 Å². The maximum Gasteiger partial charge on any atom is 0.358 e. The van der Waals surface area contributed by atoms with Crippen molar-refractivity contribution in [3.05, 3.63) is 11.4 Å². The smallest absolute Gasteiger partial charge is 0.358 e. The lowest BCUT2D eigenvalue weighted by Gasteiger charge is -2.14. The van der Waals surface area contributed by atoms with Gasteiger partial charge in [0, 0.05) is 0 Å². The van der Waals surface area contributed by atoms with Crippen LogP contribution in [0.3, 0.4) is 0 Å². The van der Waals surface area contributed by atoms with Crippen LogP contribution in [0, 0.1) is 5.92 Å². The highest BCUT2D eigenvalue weighted by molar-refractivity contribution is 5.86. The third-order valence-electron chi connectivity index (χ3n) is 3.62. The van der Waals surface area contributed by atoms with Crippen molar-refractivity contribution in [1.29, 1.82) is 0 Å². The van der Waals surface area contributed by atoms with Gasteiger partial charge in [-0.2, -0.15) is 0 Å². The highest BCUT2D eigenvalue weighted by atomic mass is 16.4. The number of aromatic nitrogens is 3. The highest BCUT2D eigenvalue weighted by Gasteiger charge is 2.25. The van der Waals surface area contributed by atoms with E-state index in [4.69, 9.17) is 0 Å². The molecule has 18 heavy (non-hydrogen) atoms. The van der Waals surface area contributed by atoms with Crippen molar-refractivity contribution in [3.63, 3.8) is 0 Å². The first-order chi connectivity index (χ1) is 8.59. The maximum atomic E-state index is 11.2. The molecular formula is C13H21N3O2. The number of nitrogens with zero attached hydrogens (tertiary/aromatic N) is 3. The van der Waals surface area contributed by atoms with E-state index in [0.717, 1.165) is 31.4 Å². The SMILES string of the molecule is CC(C)CCc1c(C(=O)O)nnn1C1CCCC1. The number of hydrogen-bond acceptors (Lipinski definition) is 3. The van der Waals surface area contributed by atoms with E-state index in [2.05, 4.69) is 24.2 Å². The summed E-state index contributed by atoms with van der Waals surface area (Å²) in [5.74, 6) is -0.406. The molecule has 1 aromatic heterocycles. The Morgan fingerprint density at radius 2 is 2.11 bits per heavy atom. The maximum absolute atomic E-state index is 11.2. The van der Waals surface area contributed by atoms with Crippen LogP contribution in [0.5, 0.6) is 0 Å². The molecule has 0 amide bonds. The molecule has 0 aliphatic heterocycles. The zero-order valence-corrected chi connectivity index (χ0v) is 11.1. The molecule has 1 aliphatic rings. The second-order valence-electron chi connectivity index (χ2n) is 5.51. The summed E-state index contributed by atoms with van der Waals surface area (Å²) in [4.78, 5) is 11.2. The summed E-state index contributed by atoms with van der Waals surface area (Å²) in [6, 6.07) is 0.354. The molecule has 0 spiro atoms. The van der Waals surface area contributed by atoms with E-state index in [0.29, 0.717) is 12.0 Å². The van der Waals surface area contributed by atoms with Gasteiger partial charge in [-0.05, 0) is 31.6 Å². The fourth-order valence-corrected chi connectivity index (χ4v) is 2.58. The van der Waals surface area contributed by atoms with Crippen LogP contribution in [0.25, 0.3) is 0 Å². The van der Waals surface area contributed by atoms with Crippen molar-refractivity contribution in [2.75, 3.05) is 0 Å². The van der Waals surface area contributed by atoms with Crippen molar-refractivity contribution >= 4 is 5.97 Å². The fraction of sp³-hybridized carbons (Fsp3) is 0.769. The summed E-state index contributed by atoms with van der Waals surface area (Å²) in [6.45, 7) is 4.29. The van der Waals surface area contributed by atoms with Crippen LogP contribution in [0.15, 0.2) is 0 Å². The molecule has 0 saturated heterocycles. The Balaban J connectivity index is 2.24. The van der Waals surface area contributed by atoms with Gasteiger partial charge in [-0.25, -0.2) is 9.48 Å². The van der Waals surface area contributed by atoms with E-state index in [1.54, 1.807) is 0 Å². The number of hydrogen-bond donors (Lipinski definition) is 1. The standard InChI is InChI=1S/C13H21N3O2/c1-9(2)7-8-11-12(13(17)18)14-15-16(11)10-5-3-4-6-10/h9-10H,3-8H2,1-2H3,(H,17,18). The molecule has 5 heteroatoms. The Morgan fingerprint density at radius 3 is 2.67 bits per heavy atom. The predicted octanol–water partition coefficient (Wildman–Crippen LogP) is 2.68. The normalized spacial score (nSPS) is 16.6. The first-order valence-electron chi connectivity index (χ1n) is 6.77. The summed E-state index contributed by atoms with van der Waals surface area (Å²) in [7, 11) is 0. The van der Waals surface area contributed by atoms with Gasteiger partial charge in [0.15, 0.2) is 5.69 Å². The minimum absolute atomic E-state index is 0.141. The average molecular weight is 251 g/mol. The number of carboxylic acids is 1. The molecule has 1 N–H and O–H groups in total. The number of aromatic carboxylic acids is 1. The van der Waals surface area contributed by atoms with Crippen molar-refractivity contribution in [1.82, 2.24) is 15.0 Å². The van der Waals surface area contributed by atoms with Crippen LogP contribution in [-0.4, -0.2) is 26.1 Å². The van der Waals surface area contributed by atoms with E-state index in [1.165, 1.54) is 12.8 Å². The van der Waals surface area contributed by atoms with Crippen LogP contribution in [0.2, 0.25) is 0 Å². The molecule has 1 aliphatic carbocycles. The van der Waals surface area contributed by atoms with Crippen LogP contribution < -0.4 is 0 Å². The average Bonchev–Trinajstić information content (AvgIpc) is 2.94. The number of rotatable bonds is 5. The van der Waals surface area contributed by atoms with E-state index >= 15 is 0 Å². The van der Waals surface area contributed by atoms with Gasteiger partial charge < -0.3 is 5.11 Å². The molecule has 2 rings (SSSR count). The third-order valence-corrected chi connectivity index (χ3v) is 3.62. The van der Waals surface area contributed by atoms with Crippen LogP contribution in [0.4, 0.5) is 0 Å². The van der Waals surface area contributed by atoms with Crippen LogP contribution in [-0.2, 0) is 6.42 Å². The van der Waals surface area contributed by atoms with E-state index in [1.807, 2.05) is 4.68 Å². The zero-order valence-electron chi connectivity index (χ0n) is 11.1. The van der Waals surface area contributed by atoms with Gasteiger partial charge in [0.1, 0.15) is 0 Å². The van der Waals surface area contributed by atoms with Gasteiger partial charge in [-0.1, -0.05) is 31.9 Å². The Labute approximate surface area is 107 Å². The Hall–Kier alpha value is -1.39. The molecule has 0 aromatic carbocycles. The van der Waals surface area contributed by atoms with E-state index in [9.17, 15) is 9.90 Å². The molecule has 0 atom stereocenters. The summed E-state index contributed by atoms with van der Waals surface area (Å²) < 4.78 is 1.87. The molecule has 0 radical (unpaired) electrons. The molecule has 0 bridgehead atoms. The molecule has 0 unspecified atom stereocenters. The van der Waals surface area contributed by atoms with Gasteiger partial charge in [-0.15, -0.1) is 5.10 Å². The monoisotopic (exact) mass is 251 g/mol. The van der Waals surface area contributed by atoms with Crippen molar-refractivity contribution in [3.8, 4) is 0 Å². The minimum Gasteiger partial charge on any atom is -0.476 e. The predicted molar refractivity (Wildman–Crippen MR) is 67.6 cm³/mol. The first-order valence-corrected chi connectivity index (χ1v) is 6.77. The second kappa shape index (κ2) is 5.50. The van der Waals surface area contributed by atoms with Gasteiger partial charge in [-0.3, -0.25) is 0 Å². The van der Waals surface area contributed by atoms with Gasteiger partial charge >= 0.3 is 5.97 Å². The van der Waals surface area contributed by atoms with E-state index in [-0.39, 0.29) is 5.69 Å². The summed E-state index contributed by atoms with van der Waals surface area (Å²) in [5, 5.41) is 17.1. The molecule has 1 heterocycles. The summed E-state index contributed by atoms with van der Waals surface area (Å²) in [6.07, 6.45) is 6.32. The largest absolute Gasteiger partial charge is 0.476 e. The Bertz CT molecular complexity index is 420.